The first-order valence-corrected chi connectivity index (χ1v) is 9.47. The van der Waals surface area contributed by atoms with Gasteiger partial charge in [-0.15, -0.1) is 0 Å². The smallest absolute Gasteiger partial charge is 0.192 e. The predicted octanol–water partition coefficient (Wildman–Crippen LogP) is 4.57. The molecule has 1 atom stereocenters. The minimum atomic E-state index is -1.53. The van der Waals surface area contributed by atoms with E-state index in [1.807, 2.05) is 0 Å². The molecule has 0 heterocycles. The molecule has 1 nitrogen and oxygen atoms in total. The molecule has 0 aromatic rings. The number of hydrogen-bond acceptors (Lipinski definition) is 1. The van der Waals surface area contributed by atoms with E-state index in [9.17, 15) is 0 Å². The van der Waals surface area contributed by atoms with Crippen LogP contribution < -0.4 is 0 Å². The number of hydrogen-bond donors (Lipinski definition) is 0. The summed E-state index contributed by atoms with van der Waals surface area (Å²) in [5.74, 6) is 0. The molecule has 0 aliphatic heterocycles. The van der Waals surface area contributed by atoms with Crippen molar-refractivity contribution in [1.29, 1.82) is 0 Å². The van der Waals surface area contributed by atoms with Gasteiger partial charge in [0.2, 0.25) is 0 Å². The molecule has 86 valence electrons. The van der Waals surface area contributed by atoms with Crippen LogP contribution in [-0.4, -0.2) is 19.8 Å². The molecule has 0 spiro atoms. The summed E-state index contributed by atoms with van der Waals surface area (Å²) in [4.78, 5) is 0. The second-order valence-electron chi connectivity index (χ2n) is 5.52. The van der Waals surface area contributed by atoms with Gasteiger partial charge in [-0.3, -0.25) is 0 Å². The van der Waals surface area contributed by atoms with Gasteiger partial charge in [-0.1, -0.05) is 36.7 Å². The van der Waals surface area contributed by atoms with E-state index in [1.165, 1.54) is 6.42 Å². The summed E-state index contributed by atoms with van der Waals surface area (Å²) in [6, 6.07) is 0. The lowest BCUT2D eigenvalue weighted by Gasteiger charge is -2.38. The summed E-state index contributed by atoms with van der Waals surface area (Å²) in [6.45, 7) is 13.7. The van der Waals surface area contributed by atoms with Crippen molar-refractivity contribution in [2.45, 2.75) is 64.8 Å². The van der Waals surface area contributed by atoms with Crippen LogP contribution in [0.4, 0.5) is 0 Å². The maximum atomic E-state index is 6.22. The molecule has 0 amide bonds. The van der Waals surface area contributed by atoms with Crippen LogP contribution in [0.25, 0.3) is 0 Å². The molecule has 0 saturated carbocycles. The van der Waals surface area contributed by atoms with E-state index < -0.39 is 8.32 Å². The van der Waals surface area contributed by atoms with Gasteiger partial charge in [-0.2, -0.15) is 0 Å². The van der Waals surface area contributed by atoms with Crippen LogP contribution in [0.3, 0.4) is 0 Å². The highest BCUT2D eigenvalue weighted by atomic mass is 79.9. The minimum Gasteiger partial charge on any atom is -0.414 e. The Morgan fingerprint density at radius 2 is 1.79 bits per heavy atom. The van der Waals surface area contributed by atoms with Crippen molar-refractivity contribution in [1.82, 2.24) is 0 Å². The Morgan fingerprint density at radius 1 is 1.29 bits per heavy atom. The fraction of sp³-hybridized carbons (Fsp3) is 1.00. The van der Waals surface area contributed by atoms with E-state index in [0.717, 1.165) is 11.8 Å². The molecule has 0 aliphatic rings. The number of rotatable bonds is 5. The van der Waals surface area contributed by atoms with Crippen molar-refractivity contribution in [3.05, 3.63) is 0 Å². The lowest BCUT2D eigenvalue weighted by atomic mass is 10.2. The zero-order valence-electron chi connectivity index (χ0n) is 10.5. The third-order valence-corrected chi connectivity index (χ3v) is 8.21. The van der Waals surface area contributed by atoms with Crippen LogP contribution in [0.5, 0.6) is 0 Å². The van der Waals surface area contributed by atoms with Gasteiger partial charge in [0.1, 0.15) is 0 Å². The molecule has 0 aromatic carbocycles. The van der Waals surface area contributed by atoms with Gasteiger partial charge in [0, 0.05) is 11.4 Å². The fourth-order valence-corrected chi connectivity index (χ4v) is 2.90. The van der Waals surface area contributed by atoms with Crippen LogP contribution in [0.2, 0.25) is 18.1 Å². The maximum absolute atomic E-state index is 6.22. The van der Waals surface area contributed by atoms with Crippen molar-refractivity contribution in [3.63, 3.8) is 0 Å². The predicted molar refractivity (Wildman–Crippen MR) is 70.8 cm³/mol. The monoisotopic (exact) mass is 280 g/mol. The Kier molecular flexibility index (Phi) is 5.93. The summed E-state index contributed by atoms with van der Waals surface area (Å²) in [7, 11) is -1.53. The Hall–Kier alpha value is 0.657. The Labute approximate surface area is 98.9 Å². The maximum Gasteiger partial charge on any atom is 0.192 e. The van der Waals surface area contributed by atoms with Crippen molar-refractivity contribution in [3.8, 4) is 0 Å². The highest BCUT2D eigenvalue weighted by molar-refractivity contribution is 9.09. The first-order valence-electron chi connectivity index (χ1n) is 5.44. The van der Waals surface area contributed by atoms with Crippen LogP contribution in [0, 0.1) is 0 Å². The molecular formula is C11H25BrOSi. The van der Waals surface area contributed by atoms with E-state index in [-0.39, 0.29) is 0 Å². The third kappa shape index (κ3) is 4.94. The summed E-state index contributed by atoms with van der Waals surface area (Å²) in [5, 5.41) is 1.41. The second kappa shape index (κ2) is 5.66. The SMILES string of the molecule is C[C@@H](CCCBr)O[Si](C)(C)C(C)(C)C. The highest BCUT2D eigenvalue weighted by Gasteiger charge is 2.38. The third-order valence-electron chi connectivity index (χ3n) is 3.05. The van der Waals surface area contributed by atoms with Gasteiger partial charge in [-0.05, 0) is 37.9 Å². The van der Waals surface area contributed by atoms with E-state index in [2.05, 4.69) is 56.7 Å². The van der Waals surface area contributed by atoms with E-state index in [0.29, 0.717) is 11.1 Å². The summed E-state index contributed by atoms with van der Waals surface area (Å²) in [6.07, 6.45) is 2.78. The van der Waals surface area contributed by atoms with Crippen molar-refractivity contribution < 1.29 is 4.43 Å². The second-order valence-corrected chi connectivity index (χ2v) is 11.1. The topological polar surface area (TPSA) is 9.23 Å². The summed E-state index contributed by atoms with van der Waals surface area (Å²) < 4.78 is 6.22. The largest absolute Gasteiger partial charge is 0.414 e. The molecule has 0 unspecified atom stereocenters. The zero-order valence-corrected chi connectivity index (χ0v) is 13.1. The Morgan fingerprint density at radius 3 is 2.14 bits per heavy atom. The van der Waals surface area contributed by atoms with Gasteiger partial charge >= 0.3 is 0 Å². The van der Waals surface area contributed by atoms with Crippen LogP contribution in [0.1, 0.15) is 40.5 Å². The van der Waals surface area contributed by atoms with Gasteiger partial charge in [-0.25, -0.2) is 0 Å². The fourth-order valence-electron chi connectivity index (χ4n) is 1.10. The van der Waals surface area contributed by atoms with Gasteiger partial charge < -0.3 is 4.43 Å². The molecule has 0 bridgehead atoms. The molecule has 14 heavy (non-hydrogen) atoms. The summed E-state index contributed by atoms with van der Waals surface area (Å²) >= 11 is 3.45. The average molecular weight is 281 g/mol. The lowest BCUT2D eigenvalue weighted by molar-refractivity contribution is 0.189. The van der Waals surface area contributed by atoms with Crippen LogP contribution in [0.15, 0.2) is 0 Å². The first kappa shape index (κ1) is 14.7. The highest BCUT2D eigenvalue weighted by Crippen LogP contribution is 2.37. The van der Waals surface area contributed by atoms with E-state index >= 15 is 0 Å². The molecule has 0 fully saturated rings. The van der Waals surface area contributed by atoms with Gasteiger partial charge in [0.05, 0.1) is 0 Å². The molecule has 0 radical (unpaired) electrons. The number of alkyl halides is 1. The van der Waals surface area contributed by atoms with Crippen molar-refractivity contribution in [2.75, 3.05) is 5.33 Å². The quantitative estimate of drug-likeness (QED) is 0.530. The summed E-state index contributed by atoms with van der Waals surface area (Å²) in [5.41, 5.74) is 0. The van der Waals surface area contributed by atoms with Crippen molar-refractivity contribution >= 4 is 24.2 Å². The molecule has 0 aromatic heterocycles. The molecule has 3 heteroatoms. The van der Waals surface area contributed by atoms with Crippen molar-refractivity contribution in [2.24, 2.45) is 0 Å². The first-order chi connectivity index (χ1) is 6.20. The lowest BCUT2D eigenvalue weighted by Crippen LogP contribution is -2.43. The van der Waals surface area contributed by atoms with Gasteiger partial charge in [0.25, 0.3) is 0 Å². The molecule has 0 saturated heterocycles. The standard InChI is InChI=1S/C11H25BrOSi/c1-10(8-7-9-12)13-14(5,6)11(2,3)4/h10H,7-9H2,1-6H3/t10-/m0/s1. The van der Waals surface area contributed by atoms with Crippen LogP contribution >= 0.6 is 15.9 Å². The zero-order chi connectivity index (χ0) is 11.4. The van der Waals surface area contributed by atoms with E-state index in [1.54, 1.807) is 0 Å². The van der Waals surface area contributed by atoms with E-state index in [4.69, 9.17) is 4.43 Å². The van der Waals surface area contributed by atoms with Gasteiger partial charge in [0.15, 0.2) is 8.32 Å². The molecule has 0 rings (SSSR count). The molecule has 0 N–H and O–H groups in total. The molecule has 0 aliphatic carbocycles. The normalized spacial score (nSPS) is 15.6. The molecular weight excluding hydrogens is 256 g/mol. The Balaban J connectivity index is 4.08. The van der Waals surface area contributed by atoms with Crippen LogP contribution in [-0.2, 0) is 4.43 Å². The number of halogens is 1. The minimum absolute atomic E-state index is 0.329. The Bertz CT molecular complexity index is 163. The average Bonchev–Trinajstić information content (AvgIpc) is 1.97.